The summed E-state index contributed by atoms with van der Waals surface area (Å²) >= 11 is 0. The SMILES string of the molecule is COCCOCCCNC(=O)C1CC1c1ccccc1F. The lowest BCUT2D eigenvalue weighted by molar-refractivity contribution is -0.122. The van der Waals surface area contributed by atoms with Gasteiger partial charge in [0.25, 0.3) is 0 Å². The maximum Gasteiger partial charge on any atom is 0.223 e. The Bertz CT molecular complexity index is 467. The number of rotatable bonds is 9. The molecular weight excluding hydrogens is 273 g/mol. The number of halogens is 1. The third-order valence-electron chi connectivity index (χ3n) is 3.63. The fourth-order valence-corrected chi connectivity index (χ4v) is 2.37. The average Bonchev–Trinajstić information content (AvgIpc) is 3.27. The van der Waals surface area contributed by atoms with Crippen molar-refractivity contribution >= 4 is 5.91 Å². The number of ether oxygens (including phenoxy) is 2. The molecule has 1 aromatic rings. The Balaban J connectivity index is 1.62. The molecule has 0 saturated heterocycles. The van der Waals surface area contributed by atoms with E-state index in [0.29, 0.717) is 31.9 Å². The van der Waals surface area contributed by atoms with Gasteiger partial charge in [0.1, 0.15) is 5.82 Å². The van der Waals surface area contributed by atoms with Crippen molar-refractivity contribution in [3.63, 3.8) is 0 Å². The van der Waals surface area contributed by atoms with Crippen molar-refractivity contribution in [2.75, 3.05) is 33.5 Å². The standard InChI is InChI=1S/C16H22FNO3/c1-20-9-10-21-8-4-7-18-16(19)14-11-13(14)12-5-2-3-6-15(12)17/h2-3,5-6,13-14H,4,7-11H2,1H3,(H,18,19). The zero-order valence-electron chi connectivity index (χ0n) is 12.3. The molecule has 1 aromatic carbocycles. The summed E-state index contributed by atoms with van der Waals surface area (Å²) in [5.41, 5.74) is 0.653. The third-order valence-corrected chi connectivity index (χ3v) is 3.63. The van der Waals surface area contributed by atoms with Crippen LogP contribution in [0.1, 0.15) is 24.3 Å². The highest BCUT2D eigenvalue weighted by Crippen LogP contribution is 2.48. The van der Waals surface area contributed by atoms with E-state index in [4.69, 9.17) is 9.47 Å². The number of carbonyl (C=O) groups excluding carboxylic acids is 1. The minimum atomic E-state index is -0.218. The second-order valence-corrected chi connectivity index (χ2v) is 5.22. The summed E-state index contributed by atoms with van der Waals surface area (Å²) in [6, 6.07) is 6.68. The van der Waals surface area contributed by atoms with Crippen molar-refractivity contribution in [2.24, 2.45) is 5.92 Å². The van der Waals surface area contributed by atoms with E-state index in [1.807, 2.05) is 6.07 Å². The van der Waals surface area contributed by atoms with Crippen molar-refractivity contribution < 1.29 is 18.7 Å². The summed E-state index contributed by atoms with van der Waals surface area (Å²) in [5.74, 6) is -0.259. The monoisotopic (exact) mass is 295 g/mol. The molecule has 2 unspecified atom stereocenters. The van der Waals surface area contributed by atoms with Crippen LogP contribution in [-0.4, -0.2) is 39.4 Å². The molecule has 5 heteroatoms. The highest BCUT2D eigenvalue weighted by Gasteiger charge is 2.44. The molecule has 2 atom stereocenters. The van der Waals surface area contributed by atoms with Gasteiger partial charge in [-0.1, -0.05) is 18.2 Å². The van der Waals surface area contributed by atoms with Crippen molar-refractivity contribution in [1.82, 2.24) is 5.32 Å². The van der Waals surface area contributed by atoms with Gasteiger partial charge in [0.15, 0.2) is 0 Å². The van der Waals surface area contributed by atoms with E-state index in [9.17, 15) is 9.18 Å². The molecule has 1 aliphatic rings. The van der Waals surface area contributed by atoms with Gasteiger partial charge in [0, 0.05) is 26.2 Å². The minimum absolute atomic E-state index is 0.0140. The van der Waals surface area contributed by atoms with Crippen LogP contribution in [-0.2, 0) is 14.3 Å². The number of benzene rings is 1. The van der Waals surface area contributed by atoms with Gasteiger partial charge in [-0.15, -0.1) is 0 Å². The maximum absolute atomic E-state index is 13.6. The van der Waals surface area contributed by atoms with Gasteiger partial charge < -0.3 is 14.8 Å². The molecule has 0 aromatic heterocycles. The molecule has 0 aliphatic heterocycles. The highest BCUT2D eigenvalue weighted by molar-refractivity contribution is 5.82. The fraction of sp³-hybridized carbons (Fsp3) is 0.562. The lowest BCUT2D eigenvalue weighted by Crippen LogP contribution is -2.27. The molecule has 1 aliphatic carbocycles. The van der Waals surface area contributed by atoms with Crippen molar-refractivity contribution in [1.29, 1.82) is 0 Å². The molecule has 116 valence electrons. The van der Waals surface area contributed by atoms with Gasteiger partial charge in [-0.25, -0.2) is 4.39 Å². The Morgan fingerprint density at radius 3 is 2.90 bits per heavy atom. The second-order valence-electron chi connectivity index (χ2n) is 5.22. The molecule has 1 N–H and O–H groups in total. The Morgan fingerprint density at radius 2 is 2.14 bits per heavy atom. The van der Waals surface area contributed by atoms with Gasteiger partial charge in [0.05, 0.1) is 13.2 Å². The average molecular weight is 295 g/mol. The molecule has 0 radical (unpaired) electrons. The Morgan fingerprint density at radius 1 is 1.33 bits per heavy atom. The third kappa shape index (κ3) is 4.79. The first-order valence-corrected chi connectivity index (χ1v) is 7.33. The summed E-state index contributed by atoms with van der Waals surface area (Å²) in [7, 11) is 1.63. The zero-order chi connectivity index (χ0) is 15.1. The second kappa shape index (κ2) is 8.10. The predicted octanol–water partition coefficient (Wildman–Crippen LogP) is 2.10. The molecule has 4 nitrogen and oxygen atoms in total. The van der Waals surface area contributed by atoms with Crippen LogP contribution in [0, 0.1) is 11.7 Å². The van der Waals surface area contributed by atoms with Crippen molar-refractivity contribution in [2.45, 2.75) is 18.8 Å². The molecule has 1 saturated carbocycles. The van der Waals surface area contributed by atoms with Crippen LogP contribution in [0.2, 0.25) is 0 Å². The van der Waals surface area contributed by atoms with Crippen LogP contribution in [0.5, 0.6) is 0 Å². The number of methoxy groups -OCH3 is 1. The molecule has 0 heterocycles. The minimum Gasteiger partial charge on any atom is -0.382 e. The highest BCUT2D eigenvalue weighted by atomic mass is 19.1. The van der Waals surface area contributed by atoms with E-state index >= 15 is 0 Å². The first-order valence-electron chi connectivity index (χ1n) is 7.33. The van der Waals surface area contributed by atoms with Crippen LogP contribution in [0.15, 0.2) is 24.3 Å². The summed E-state index contributed by atoms with van der Waals surface area (Å²) in [6.07, 6.45) is 1.50. The van der Waals surface area contributed by atoms with Gasteiger partial charge in [0.2, 0.25) is 5.91 Å². The summed E-state index contributed by atoms with van der Waals surface area (Å²) in [5, 5.41) is 2.88. The Hall–Kier alpha value is -1.46. The lowest BCUT2D eigenvalue weighted by atomic mass is 10.1. The number of carbonyl (C=O) groups is 1. The molecule has 1 fully saturated rings. The van der Waals surface area contributed by atoms with Crippen molar-refractivity contribution in [3.05, 3.63) is 35.6 Å². The Labute approximate surface area is 124 Å². The van der Waals surface area contributed by atoms with E-state index in [1.165, 1.54) is 6.07 Å². The maximum atomic E-state index is 13.6. The van der Waals surface area contributed by atoms with Gasteiger partial charge in [-0.2, -0.15) is 0 Å². The molecule has 1 amide bonds. The van der Waals surface area contributed by atoms with Gasteiger partial charge >= 0.3 is 0 Å². The number of nitrogens with one attached hydrogen (secondary N) is 1. The molecule has 0 spiro atoms. The van der Waals surface area contributed by atoms with E-state index < -0.39 is 0 Å². The van der Waals surface area contributed by atoms with E-state index in [1.54, 1.807) is 19.2 Å². The van der Waals surface area contributed by atoms with Crippen LogP contribution in [0.4, 0.5) is 4.39 Å². The molecule has 21 heavy (non-hydrogen) atoms. The normalized spacial score (nSPS) is 20.3. The largest absolute Gasteiger partial charge is 0.382 e. The number of amides is 1. The summed E-state index contributed by atoms with van der Waals surface area (Å²) < 4.78 is 23.8. The number of hydrogen-bond acceptors (Lipinski definition) is 3. The summed E-state index contributed by atoms with van der Waals surface area (Å²) in [6.45, 7) is 2.35. The van der Waals surface area contributed by atoms with Gasteiger partial charge in [-0.3, -0.25) is 4.79 Å². The van der Waals surface area contributed by atoms with Gasteiger partial charge in [-0.05, 0) is 30.4 Å². The number of hydrogen-bond donors (Lipinski definition) is 1. The van der Waals surface area contributed by atoms with E-state index in [-0.39, 0.29) is 23.6 Å². The quantitative estimate of drug-likeness (QED) is 0.710. The first-order chi connectivity index (χ1) is 10.2. The van der Waals surface area contributed by atoms with Crippen LogP contribution >= 0.6 is 0 Å². The molecule has 2 rings (SSSR count). The predicted molar refractivity (Wildman–Crippen MR) is 77.6 cm³/mol. The van der Waals surface area contributed by atoms with Crippen LogP contribution in [0.3, 0.4) is 0 Å². The zero-order valence-corrected chi connectivity index (χ0v) is 12.3. The molecule has 0 bridgehead atoms. The summed E-state index contributed by atoms with van der Waals surface area (Å²) in [4.78, 5) is 11.9. The van der Waals surface area contributed by atoms with E-state index in [2.05, 4.69) is 5.32 Å². The lowest BCUT2D eigenvalue weighted by Gasteiger charge is -2.06. The fourth-order valence-electron chi connectivity index (χ4n) is 2.37. The van der Waals surface area contributed by atoms with Crippen LogP contribution < -0.4 is 5.32 Å². The van der Waals surface area contributed by atoms with Crippen molar-refractivity contribution in [3.8, 4) is 0 Å². The first kappa shape index (κ1) is 15.9. The smallest absolute Gasteiger partial charge is 0.223 e. The Kier molecular flexibility index (Phi) is 6.14. The molecular formula is C16H22FNO3. The van der Waals surface area contributed by atoms with E-state index in [0.717, 1.165) is 12.8 Å². The van der Waals surface area contributed by atoms with Crippen LogP contribution in [0.25, 0.3) is 0 Å². The topological polar surface area (TPSA) is 47.6 Å².